The Kier molecular flexibility index (Phi) is 4.74. The molecule has 5 heteroatoms. The summed E-state index contributed by atoms with van der Waals surface area (Å²) in [6.07, 6.45) is 0. The zero-order valence-corrected chi connectivity index (χ0v) is 14.8. The first-order chi connectivity index (χ1) is 7.58. The first-order valence-corrected chi connectivity index (χ1v) is 8.40. The van der Waals surface area contributed by atoms with Crippen molar-refractivity contribution >= 4 is 77.4 Å². The van der Waals surface area contributed by atoms with Gasteiger partial charge in [0.2, 0.25) is 0 Å². The fraction of sp³-hybridized carbons (Fsp3) is 0.0909. The largest absolute Gasteiger partial charge is 0.126 e. The first-order valence-electron chi connectivity index (χ1n) is 4.42. The predicted molar refractivity (Wildman–Crippen MR) is 87.0 cm³/mol. The molecule has 0 bridgehead atoms. The first kappa shape index (κ1) is 13.3. The van der Waals surface area contributed by atoms with Crippen LogP contribution in [0.25, 0.3) is 0 Å². The van der Waals surface area contributed by atoms with Crippen molar-refractivity contribution < 1.29 is 0 Å². The van der Waals surface area contributed by atoms with Crippen LogP contribution in [0, 0.1) is 3.57 Å². The van der Waals surface area contributed by atoms with E-state index in [1.165, 1.54) is 14.0 Å². The van der Waals surface area contributed by atoms with Crippen LogP contribution in [0.5, 0.6) is 0 Å². The van der Waals surface area contributed by atoms with Gasteiger partial charge in [-0.3, -0.25) is 0 Å². The lowest BCUT2D eigenvalue weighted by Gasteiger charge is -2.07. The number of rotatable bonds is 2. The number of halogens is 4. The summed E-state index contributed by atoms with van der Waals surface area (Å²) in [7, 11) is 0. The topological polar surface area (TPSA) is 0 Å². The highest BCUT2D eigenvalue weighted by atomic mass is 127. The molecule has 0 saturated carbocycles. The Balaban J connectivity index is 2.31. The number of hydrogen-bond donors (Lipinski definition) is 0. The molecule has 0 fully saturated rings. The lowest BCUT2D eigenvalue weighted by atomic mass is 10.1. The van der Waals surface area contributed by atoms with E-state index in [0.29, 0.717) is 0 Å². The molecular weight excluding hydrogens is 486 g/mol. The molecule has 1 unspecified atom stereocenters. The molecule has 1 aromatic heterocycles. The predicted octanol–water partition coefficient (Wildman–Crippen LogP) is 6.25. The lowest BCUT2D eigenvalue weighted by molar-refractivity contribution is 1.22. The second kappa shape index (κ2) is 5.69. The zero-order valence-electron chi connectivity index (χ0n) is 7.88. The van der Waals surface area contributed by atoms with Crippen molar-refractivity contribution in [1.82, 2.24) is 0 Å². The molecule has 2 rings (SSSR count). The summed E-state index contributed by atoms with van der Waals surface area (Å²) in [5.74, 6) is 0. The fourth-order valence-electron chi connectivity index (χ4n) is 1.28. The van der Waals surface area contributed by atoms with E-state index in [2.05, 4.69) is 84.8 Å². The maximum atomic E-state index is 6.04. The van der Waals surface area contributed by atoms with Gasteiger partial charge in [0.15, 0.2) is 0 Å². The summed E-state index contributed by atoms with van der Waals surface area (Å²) in [6.45, 7) is 0. The Morgan fingerprint density at radius 3 is 2.38 bits per heavy atom. The Morgan fingerprint density at radius 1 is 1.25 bits per heavy atom. The average Bonchev–Trinajstić information content (AvgIpc) is 2.59. The average molecular weight is 492 g/mol. The minimum atomic E-state index is 0.207. The molecule has 16 heavy (non-hydrogen) atoms. The molecular formula is C11H6Br2ClIS. The quantitative estimate of drug-likeness (QED) is 0.343. The van der Waals surface area contributed by atoms with E-state index < -0.39 is 0 Å². The second-order valence-electron chi connectivity index (χ2n) is 3.18. The van der Waals surface area contributed by atoms with Crippen molar-refractivity contribution in [3.05, 3.63) is 53.2 Å². The summed E-state index contributed by atoms with van der Waals surface area (Å²) in [5, 5.41) is 0. The standard InChI is InChI=1S/C11H6Br2ClIS/c12-8-5-9(16-11(8)14)10(13)6-1-3-7(15)4-2-6/h1-5,10H. The van der Waals surface area contributed by atoms with Gasteiger partial charge in [0.1, 0.15) is 4.34 Å². The SMILES string of the molecule is Clc1sc(C(Br)c2ccc(I)cc2)cc1Br. The van der Waals surface area contributed by atoms with E-state index in [-0.39, 0.29) is 4.83 Å². The number of thiophene rings is 1. The molecule has 1 aromatic carbocycles. The molecule has 2 aromatic rings. The van der Waals surface area contributed by atoms with E-state index in [0.717, 1.165) is 8.81 Å². The molecule has 1 heterocycles. The van der Waals surface area contributed by atoms with Crippen LogP contribution in [0.15, 0.2) is 34.8 Å². The van der Waals surface area contributed by atoms with Crippen LogP contribution in [0.1, 0.15) is 15.3 Å². The normalized spacial score (nSPS) is 12.8. The molecule has 0 spiro atoms. The van der Waals surface area contributed by atoms with Crippen LogP contribution >= 0.6 is 77.4 Å². The molecule has 0 N–H and O–H groups in total. The van der Waals surface area contributed by atoms with Crippen LogP contribution in [0.2, 0.25) is 4.34 Å². The molecule has 0 aliphatic heterocycles. The minimum Gasteiger partial charge on any atom is -0.126 e. The van der Waals surface area contributed by atoms with Crippen LogP contribution in [-0.4, -0.2) is 0 Å². The lowest BCUT2D eigenvalue weighted by Crippen LogP contribution is -1.88. The van der Waals surface area contributed by atoms with Gasteiger partial charge in [-0.05, 0) is 62.3 Å². The van der Waals surface area contributed by atoms with E-state index in [1.54, 1.807) is 11.3 Å². The maximum absolute atomic E-state index is 6.04. The number of hydrogen-bond acceptors (Lipinski definition) is 1. The van der Waals surface area contributed by atoms with Gasteiger partial charge < -0.3 is 0 Å². The minimum absolute atomic E-state index is 0.207. The van der Waals surface area contributed by atoms with Crippen LogP contribution < -0.4 is 0 Å². The summed E-state index contributed by atoms with van der Waals surface area (Å²) >= 11 is 17.0. The van der Waals surface area contributed by atoms with Crippen LogP contribution in [-0.2, 0) is 0 Å². The summed E-state index contributed by atoms with van der Waals surface area (Å²) < 4.78 is 3.00. The molecule has 0 radical (unpaired) electrons. The zero-order chi connectivity index (χ0) is 11.7. The third-order valence-electron chi connectivity index (χ3n) is 2.08. The van der Waals surface area contributed by atoms with Gasteiger partial charge in [-0.2, -0.15) is 0 Å². The highest BCUT2D eigenvalue weighted by Crippen LogP contribution is 2.41. The van der Waals surface area contributed by atoms with Gasteiger partial charge in [0.05, 0.1) is 4.83 Å². The van der Waals surface area contributed by atoms with E-state index in [9.17, 15) is 0 Å². The Labute approximate surface area is 134 Å². The van der Waals surface area contributed by atoms with Gasteiger partial charge in [-0.15, -0.1) is 11.3 Å². The third kappa shape index (κ3) is 3.02. The second-order valence-corrected chi connectivity index (χ2v) is 7.89. The molecule has 0 aliphatic rings. The van der Waals surface area contributed by atoms with Crippen LogP contribution in [0.3, 0.4) is 0 Å². The Bertz CT molecular complexity index is 476. The van der Waals surface area contributed by atoms with Crippen LogP contribution in [0.4, 0.5) is 0 Å². The van der Waals surface area contributed by atoms with Gasteiger partial charge >= 0.3 is 0 Å². The van der Waals surface area contributed by atoms with E-state index in [4.69, 9.17) is 11.6 Å². The number of alkyl halides is 1. The van der Waals surface area contributed by atoms with E-state index >= 15 is 0 Å². The van der Waals surface area contributed by atoms with Crippen molar-refractivity contribution in [1.29, 1.82) is 0 Å². The van der Waals surface area contributed by atoms with Gasteiger partial charge in [0, 0.05) is 12.9 Å². The summed E-state index contributed by atoms with van der Waals surface area (Å²) in [4.78, 5) is 1.41. The van der Waals surface area contributed by atoms with Crippen molar-refractivity contribution in [3.8, 4) is 0 Å². The van der Waals surface area contributed by atoms with Crippen molar-refractivity contribution in [2.45, 2.75) is 4.83 Å². The van der Waals surface area contributed by atoms with Gasteiger partial charge in [0.25, 0.3) is 0 Å². The summed E-state index contributed by atoms with van der Waals surface area (Å²) in [5.41, 5.74) is 1.24. The molecule has 84 valence electrons. The highest BCUT2D eigenvalue weighted by molar-refractivity contribution is 14.1. The van der Waals surface area contributed by atoms with Crippen molar-refractivity contribution in [3.63, 3.8) is 0 Å². The third-order valence-corrected chi connectivity index (χ3v) is 6.66. The summed E-state index contributed by atoms with van der Waals surface area (Å²) in [6, 6.07) is 10.5. The monoisotopic (exact) mass is 490 g/mol. The molecule has 0 aliphatic carbocycles. The maximum Gasteiger partial charge on any atom is 0.107 e. The molecule has 1 atom stereocenters. The molecule has 0 amide bonds. The Hall–Kier alpha value is 0.900. The highest BCUT2D eigenvalue weighted by Gasteiger charge is 2.14. The Morgan fingerprint density at radius 2 is 1.88 bits per heavy atom. The van der Waals surface area contributed by atoms with E-state index in [1.807, 2.05) is 0 Å². The fourth-order valence-corrected chi connectivity index (χ4v) is 4.10. The van der Waals surface area contributed by atoms with Gasteiger partial charge in [-0.1, -0.05) is 39.7 Å². The smallest absolute Gasteiger partial charge is 0.107 e. The van der Waals surface area contributed by atoms with Gasteiger partial charge in [-0.25, -0.2) is 0 Å². The molecule has 0 nitrogen and oxygen atoms in total. The number of benzene rings is 1. The van der Waals surface area contributed by atoms with Crippen molar-refractivity contribution in [2.75, 3.05) is 0 Å². The van der Waals surface area contributed by atoms with Crippen molar-refractivity contribution in [2.24, 2.45) is 0 Å². The molecule has 0 saturated heterocycles.